The molecule has 0 unspecified atom stereocenters. The van der Waals surface area contributed by atoms with Gasteiger partial charge in [-0.2, -0.15) is 0 Å². The minimum Gasteiger partial charge on any atom is -0.378 e. The van der Waals surface area contributed by atoms with Crippen molar-refractivity contribution in [2.45, 2.75) is 13.8 Å². The largest absolute Gasteiger partial charge is 0.378 e. The van der Waals surface area contributed by atoms with Gasteiger partial charge in [-0.1, -0.05) is 24.3 Å². The van der Waals surface area contributed by atoms with Crippen molar-refractivity contribution in [2.75, 3.05) is 56.0 Å². The Kier molecular flexibility index (Phi) is 7.12. The van der Waals surface area contributed by atoms with E-state index in [1.54, 1.807) is 0 Å². The molecule has 0 aliphatic carbocycles. The molecule has 0 radical (unpaired) electrons. The van der Waals surface area contributed by atoms with Gasteiger partial charge in [0, 0.05) is 74.3 Å². The molecule has 0 aromatic heterocycles. The molecule has 0 aliphatic rings. The van der Waals surface area contributed by atoms with Crippen LogP contribution in [0.1, 0.15) is 13.8 Å². The van der Waals surface area contributed by atoms with Gasteiger partial charge in [-0.3, -0.25) is 0 Å². The minimum atomic E-state index is -3.05. The van der Waals surface area contributed by atoms with Gasteiger partial charge in [0.1, 0.15) is 0 Å². The molecule has 31 heavy (non-hydrogen) atoms. The van der Waals surface area contributed by atoms with E-state index >= 15 is 0 Å². The first-order chi connectivity index (χ1) is 14.8. The minimum absolute atomic E-state index is 0.852. The van der Waals surface area contributed by atoms with Crippen LogP contribution in [0.2, 0.25) is 0 Å². The third kappa shape index (κ3) is 4.65. The van der Waals surface area contributed by atoms with Gasteiger partial charge in [0.25, 0.3) is 0 Å². The predicted octanol–water partition coefficient (Wildman–Crippen LogP) is 4.30. The van der Waals surface area contributed by atoms with Crippen LogP contribution >= 0.6 is 7.14 Å². The topological polar surface area (TPSA) is 26.8 Å². The number of benzene rings is 3. The van der Waals surface area contributed by atoms with Crippen LogP contribution in [0.25, 0.3) is 0 Å². The van der Waals surface area contributed by atoms with E-state index in [0.717, 1.165) is 46.1 Å². The molecule has 0 bridgehead atoms. The highest BCUT2D eigenvalue weighted by molar-refractivity contribution is 7.85. The summed E-state index contributed by atoms with van der Waals surface area (Å²) in [4.78, 5) is 6.40. The summed E-state index contributed by atoms with van der Waals surface area (Å²) in [6, 6.07) is 24.5. The van der Waals surface area contributed by atoms with Gasteiger partial charge in [0.05, 0.1) is 0 Å². The van der Waals surface area contributed by atoms with Crippen molar-refractivity contribution in [3.63, 3.8) is 0 Å². The Morgan fingerprint density at radius 3 is 1.45 bits per heavy atom. The van der Waals surface area contributed by atoms with Crippen molar-refractivity contribution in [3.8, 4) is 0 Å². The highest BCUT2D eigenvalue weighted by Gasteiger charge is 2.30. The summed E-state index contributed by atoms with van der Waals surface area (Å²) in [5.74, 6) is 0. The number of hydrogen-bond acceptors (Lipinski definition) is 4. The van der Waals surface area contributed by atoms with E-state index in [9.17, 15) is 4.57 Å². The lowest BCUT2D eigenvalue weighted by atomic mass is 10.3. The van der Waals surface area contributed by atoms with E-state index in [0.29, 0.717) is 0 Å². The van der Waals surface area contributed by atoms with E-state index in [4.69, 9.17) is 0 Å². The molecule has 164 valence electrons. The van der Waals surface area contributed by atoms with Gasteiger partial charge in [-0.05, 0) is 62.4 Å². The molecule has 3 rings (SSSR count). The SMILES string of the molecule is CCN(CC)c1ccc(P(=O)(c2cccc(N(C)C)c2)c2cccc(N(C)C)c2)cc1. The lowest BCUT2D eigenvalue weighted by Crippen LogP contribution is -2.27. The van der Waals surface area contributed by atoms with E-state index in [2.05, 4.69) is 43.0 Å². The summed E-state index contributed by atoms with van der Waals surface area (Å²) in [5.41, 5.74) is 3.24. The Morgan fingerprint density at radius 2 is 1.06 bits per heavy atom. The highest BCUT2D eigenvalue weighted by atomic mass is 31.2. The van der Waals surface area contributed by atoms with E-state index in [1.165, 1.54) is 0 Å². The Labute approximate surface area is 187 Å². The van der Waals surface area contributed by atoms with Gasteiger partial charge in [-0.25, -0.2) is 0 Å². The van der Waals surface area contributed by atoms with Crippen LogP contribution in [0.15, 0.2) is 72.8 Å². The van der Waals surface area contributed by atoms with Crippen LogP contribution in [-0.2, 0) is 4.57 Å². The fourth-order valence-corrected chi connectivity index (χ4v) is 6.53. The Morgan fingerprint density at radius 1 is 0.613 bits per heavy atom. The van der Waals surface area contributed by atoms with Crippen molar-refractivity contribution < 1.29 is 4.57 Å². The standard InChI is InChI=1S/C26H34N3OP/c1-7-29(8-2)21-15-17-24(18-16-21)31(30,25-13-9-11-22(19-25)27(3)4)26-14-10-12-23(20-26)28(5)6/h9-20H,7-8H2,1-6H3. The second-order valence-electron chi connectivity index (χ2n) is 8.13. The fourth-order valence-electron chi connectivity index (χ4n) is 3.84. The zero-order chi connectivity index (χ0) is 22.6. The van der Waals surface area contributed by atoms with E-state index < -0.39 is 7.14 Å². The molecule has 4 nitrogen and oxygen atoms in total. The van der Waals surface area contributed by atoms with Gasteiger partial charge in [-0.15, -0.1) is 0 Å². The Hall–Kier alpha value is -2.71. The second kappa shape index (κ2) is 9.62. The third-order valence-electron chi connectivity index (χ3n) is 5.76. The molecule has 0 spiro atoms. The highest BCUT2D eigenvalue weighted by Crippen LogP contribution is 2.44. The van der Waals surface area contributed by atoms with Crippen molar-refractivity contribution in [1.29, 1.82) is 0 Å². The van der Waals surface area contributed by atoms with E-state index in [-0.39, 0.29) is 0 Å². The molecule has 0 saturated heterocycles. The van der Waals surface area contributed by atoms with Crippen molar-refractivity contribution in [3.05, 3.63) is 72.8 Å². The van der Waals surface area contributed by atoms with Crippen LogP contribution in [0.5, 0.6) is 0 Å². The zero-order valence-electron chi connectivity index (χ0n) is 19.5. The molecular formula is C26H34N3OP. The van der Waals surface area contributed by atoms with Gasteiger partial charge in [0.15, 0.2) is 7.14 Å². The quantitative estimate of drug-likeness (QED) is 0.493. The van der Waals surface area contributed by atoms with Gasteiger partial charge < -0.3 is 19.3 Å². The number of nitrogens with zero attached hydrogens (tertiary/aromatic N) is 3. The lowest BCUT2D eigenvalue weighted by molar-refractivity contribution is 0.592. The zero-order valence-corrected chi connectivity index (χ0v) is 20.4. The van der Waals surface area contributed by atoms with Crippen molar-refractivity contribution in [1.82, 2.24) is 0 Å². The first-order valence-electron chi connectivity index (χ1n) is 10.8. The molecule has 0 aliphatic heterocycles. The number of anilines is 3. The van der Waals surface area contributed by atoms with Gasteiger partial charge in [0.2, 0.25) is 0 Å². The summed E-state index contributed by atoms with van der Waals surface area (Å²) in [7, 11) is 4.99. The second-order valence-corrected chi connectivity index (χ2v) is 10.9. The maximum absolute atomic E-state index is 14.9. The van der Waals surface area contributed by atoms with Crippen LogP contribution in [-0.4, -0.2) is 41.3 Å². The first-order valence-corrected chi connectivity index (χ1v) is 12.5. The molecule has 0 heterocycles. The van der Waals surface area contributed by atoms with Crippen molar-refractivity contribution in [2.24, 2.45) is 0 Å². The fraction of sp³-hybridized carbons (Fsp3) is 0.308. The van der Waals surface area contributed by atoms with Crippen LogP contribution in [0.3, 0.4) is 0 Å². The predicted molar refractivity (Wildman–Crippen MR) is 138 cm³/mol. The Balaban J connectivity index is 2.21. The smallest absolute Gasteiger partial charge is 0.171 e. The molecule has 5 heteroatoms. The first kappa shape index (κ1) is 23.0. The molecule has 0 saturated carbocycles. The van der Waals surface area contributed by atoms with E-state index in [1.807, 2.05) is 86.5 Å². The molecule has 0 atom stereocenters. The average molecular weight is 436 g/mol. The lowest BCUT2D eigenvalue weighted by Gasteiger charge is -2.25. The number of rotatable bonds is 8. The van der Waals surface area contributed by atoms with Crippen molar-refractivity contribution >= 4 is 40.1 Å². The molecule has 0 amide bonds. The maximum Gasteiger partial charge on any atom is 0.171 e. The normalized spacial score (nSPS) is 11.3. The summed E-state index contributed by atoms with van der Waals surface area (Å²) < 4.78 is 14.9. The summed E-state index contributed by atoms with van der Waals surface area (Å²) in [5, 5.41) is 2.56. The number of hydrogen-bond donors (Lipinski definition) is 0. The third-order valence-corrected chi connectivity index (χ3v) is 8.80. The summed E-state index contributed by atoms with van der Waals surface area (Å²) >= 11 is 0. The van der Waals surface area contributed by atoms with Crippen LogP contribution < -0.4 is 30.6 Å². The summed E-state index contributed by atoms with van der Waals surface area (Å²) in [6.45, 7) is 6.20. The Bertz CT molecular complexity index is 1000. The molecule has 3 aromatic carbocycles. The molecular weight excluding hydrogens is 401 g/mol. The molecule has 0 fully saturated rings. The summed E-state index contributed by atoms with van der Waals surface area (Å²) in [6.07, 6.45) is 0. The van der Waals surface area contributed by atoms with Gasteiger partial charge >= 0.3 is 0 Å². The average Bonchev–Trinajstić information content (AvgIpc) is 2.80. The van der Waals surface area contributed by atoms with Crippen LogP contribution in [0, 0.1) is 0 Å². The molecule has 0 N–H and O–H groups in total. The molecule has 3 aromatic rings. The maximum atomic E-state index is 14.9. The van der Waals surface area contributed by atoms with Crippen LogP contribution in [0.4, 0.5) is 17.1 Å². The monoisotopic (exact) mass is 435 g/mol.